The van der Waals surface area contributed by atoms with Crippen molar-refractivity contribution in [3.05, 3.63) is 11.3 Å². The van der Waals surface area contributed by atoms with E-state index in [0.29, 0.717) is 0 Å². The van der Waals surface area contributed by atoms with Gasteiger partial charge in [0.15, 0.2) is 0 Å². The Morgan fingerprint density at radius 3 is 2.20 bits per heavy atom. The summed E-state index contributed by atoms with van der Waals surface area (Å²) < 4.78 is 5.41. The van der Waals surface area contributed by atoms with Crippen LogP contribution in [0.5, 0.6) is 0 Å². The maximum absolute atomic E-state index is 11.6. The lowest BCUT2D eigenvalue weighted by molar-refractivity contribution is -0.132. The molecule has 3 nitrogen and oxygen atoms in total. The zero-order chi connectivity index (χ0) is 12.0. The second kappa shape index (κ2) is 6.85. The molecule has 0 spiro atoms. The van der Waals surface area contributed by atoms with Gasteiger partial charge in [-0.05, 0) is 34.6 Å². The van der Waals surface area contributed by atoms with E-state index in [2.05, 4.69) is 0 Å². The van der Waals surface area contributed by atoms with Crippen LogP contribution in [0.4, 0.5) is 0 Å². The average molecular weight is 234 g/mol. The summed E-state index contributed by atoms with van der Waals surface area (Å²) in [5.74, 6) is -0.150. The van der Waals surface area contributed by atoms with E-state index in [1.54, 1.807) is 4.90 Å². The van der Waals surface area contributed by atoms with Crippen LogP contribution in [-0.2, 0) is 9.53 Å². The Kier molecular flexibility index (Phi) is 6.61. The van der Waals surface area contributed by atoms with Gasteiger partial charge in [0.1, 0.15) is 12.6 Å². The van der Waals surface area contributed by atoms with Crippen LogP contribution in [-0.4, -0.2) is 29.5 Å². The van der Waals surface area contributed by atoms with Gasteiger partial charge >= 0.3 is 0 Å². The highest BCUT2D eigenvalue weighted by atomic mass is 35.5. The minimum atomic E-state index is -0.129. The molecule has 88 valence electrons. The summed E-state index contributed by atoms with van der Waals surface area (Å²) in [6.45, 7) is 9.94. The van der Waals surface area contributed by atoms with E-state index < -0.39 is 0 Å². The molecule has 0 aromatic carbocycles. The Morgan fingerprint density at radius 1 is 1.33 bits per heavy atom. The van der Waals surface area contributed by atoms with E-state index in [0.717, 1.165) is 11.3 Å². The molecule has 15 heavy (non-hydrogen) atoms. The van der Waals surface area contributed by atoms with Crippen LogP contribution < -0.4 is 0 Å². The SMILES string of the molecule is CC(C)=C(C)N(COC(C)C)C(=O)CCl. The van der Waals surface area contributed by atoms with Crippen molar-refractivity contribution in [1.29, 1.82) is 0 Å². The molecule has 0 heterocycles. The van der Waals surface area contributed by atoms with Crippen molar-refractivity contribution in [2.24, 2.45) is 0 Å². The van der Waals surface area contributed by atoms with Crippen molar-refractivity contribution in [3.8, 4) is 0 Å². The summed E-state index contributed by atoms with van der Waals surface area (Å²) in [6, 6.07) is 0. The van der Waals surface area contributed by atoms with Gasteiger partial charge in [-0.1, -0.05) is 5.57 Å². The number of hydrogen-bond acceptors (Lipinski definition) is 2. The lowest BCUT2D eigenvalue weighted by Gasteiger charge is -2.24. The highest BCUT2D eigenvalue weighted by molar-refractivity contribution is 6.27. The predicted octanol–water partition coefficient (Wildman–Crippen LogP) is 2.75. The highest BCUT2D eigenvalue weighted by Gasteiger charge is 2.15. The number of halogens is 1. The summed E-state index contributed by atoms with van der Waals surface area (Å²) in [5, 5.41) is 0. The van der Waals surface area contributed by atoms with Gasteiger partial charge in [0, 0.05) is 5.70 Å². The smallest absolute Gasteiger partial charge is 0.243 e. The molecule has 0 aromatic rings. The van der Waals surface area contributed by atoms with E-state index in [4.69, 9.17) is 16.3 Å². The Bertz CT molecular complexity index is 245. The standard InChI is InChI=1S/C11H20ClNO2/c1-8(2)10(5)13(11(14)6-12)7-15-9(3)4/h9H,6-7H2,1-5H3. The highest BCUT2D eigenvalue weighted by Crippen LogP contribution is 2.11. The zero-order valence-corrected chi connectivity index (χ0v) is 10.9. The van der Waals surface area contributed by atoms with Crippen LogP contribution in [0, 0.1) is 0 Å². The first-order chi connectivity index (χ1) is 6.90. The molecule has 0 unspecified atom stereocenters. The number of allylic oxidation sites excluding steroid dienone is 2. The number of hydrogen-bond donors (Lipinski definition) is 0. The van der Waals surface area contributed by atoms with Gasteiger partial charge in [-0.25, -0.2) is 0 Å². The van der Waals surface area contributed by atoms with Gasteiger partial charge in [0.2, 0.25) is 5.91 Å². The van der Waals surface area contributed by atoms with Gasteiger partial charge in [0.05, 0.1) is 6.10 Å². The minimum absolute atomic E-state index is 0.0218. The van der Waals surface area contributed by atoms with E-state index in [1.165, 1.54) is 0 Å². The Morgan fingerprint density at radius 2 is 1.87 bits per heavy atom. The molecule has 0 aromatic heterocycles. The predicted molar refractivity (Wildman–Crippen MR) is 62.7 cm³/mol. The molecule has 0 saturated heterocycles. The second-order valence-electron chi connectivity index (χ2n) is 3.89. The molecule has 0 aliphatic carbocycles. The molecular weight excluding hydrogens is 214 g/mol. The monoisotopic (exact) mass is 233 g/mol. The van der Waals surface area contributed by atoms with E-state index in [-0.39, 0.29) is 24.6 Å². The van der Waals surface area contributed by atoms with Crippen LogP contribution in [0.1, 0.15) is 34.6 Å². The van der Waals surface area contributed by atoms with Gasteiger partial charge in [-0.3, -0.25) is 9.69 Å². The van der Waals surface area contributed by atoms with Crippen LogP contribution in [0.2, 0.25) is 0 Å². The number of nitrogens with zero attached hydrogens (tertiary/aromatic N) is 1. The van der Waals surface area contributed by atoms with Gasteiger partial charge in [-0.15, -0.1) is 11.6 Å². The molecule has 1 amide bonds. The largest absolute Gasteiger partial charge is 0.358 e. The summed E-state index contributed by atoms with van der Waals surface area (Å²) in [5.41, 5.74) is 1.99. The molecule has 0 fully saturated rings. The molecule has 4 heteroatoms. The third-order valence-electron chi connectivity index (χ3n) is 2.08. The Hall–Kier alpha value is -0.540. The molecule has 0 saturated carbocycles. The van der Waals surface area contributed by atoms with Crippen molar-refractivity contribution in [2.45, 2.75) is 40.7 Å². The quantitative estimate of drug-likeness (QED) is 0.540. The fraction of sp³-hybridized carbons (Fsp3) is 0.727. The first-order valence-corrected chi connectivity index (χ1v) is 5.55. The molecule has 0 N–H and O–H groups in total. The van der Waals surface area contributed by atoms with Crippen LogP contribution >= 0.6 is 11.6 Å². The van der Waals surface area contributed by atoms with Gasteiger partial charge < -0.3 is 4.74 Å². The Labute approximate surface area is 97.0 Å². The van der Waals surface area contributed by atoms with E-state index in [9.17, 15) is 4.79 Å². The molecule has 0 radical (unpaired) electrons. The fourth-order valence-electron chi connectivity index (χ4n) is 0.922. The molecule has 0 bridgehead atoms. The van der Waals surface area contributed by atoms with E-state index in [1.807, 2.05) is 34.6 Å². The normalized spacial score (nSPS) is 10.3. The maximum atomic E-state index is 11.6. The van der Waals surface area contributed by atoms with Crippen molar-refractivity contribution in [2.75, 3.05) is 12.6 Å². The van der Waals surface area contributed by atoms with Gasteiger partial charge in [0.25, 0.3) is 0 Å². The van der Waals surface area contributed by atoms with Crippen LogP contribution in [0.15, 0.2) is 11.3 Å². The summed E-state index contributed by atoms with van der Waals surface area (Å²) >= 11 is 5.54. The number of alkyl halides is 1. The van der Waals surface area contributed by atoms with Crippen LogP contribution in [0.25, 0.3) is 0 Å². The summed E-state index contributed by atoms with van der Waals surface area (Å²) in [7, 11) is 0. The van der Waals surface area contributed by atoms with Crippen molar-refractivity contribution in [3.63, 3.8) is 0 Å². The maximum Gasteiger partial charge on any atom is 0.243 e. The zero-order valence-electron chi connectivity index (χ0n) is 10.1. The van der Waals surface area contributed by atoms with Gasteiger partial charge in [-0.2, -0.15) is 0 Å². The number of carbonyl (C=O) groups is 1. The third-order valence-corrected chi connectivity index (χ3v) is 2.31. The molecule has 0 atom stereocenters. The minimum Gasteiger partial charge on any atom is -0.358 e. The first-order valence-electron chi connectivity index (χ1n) is 5.02. The molecule has 0 rings (SSSR count). The fourth-order valence-corrected chi connectivity index (χ4v) is 1.07. The second-order valence-corrected chi connectivity index (χ2v) is 4.15. The number of carbonyl (C=O) groups excluding carboxylic acids is 1. The first kappa shape index (κ1) is 14.5. The molecule has 0 aliphatic rings. The number of ether oxygens (including phenoxy) is 1. The van der Waals surface area contributed by atoms with Crippen molar-refractivity contribution < 1.29 is 9.53 Å². The molecular formula is C11H20ClNO2. The molecule has 0 aliphatic heterocycles. The summed E-state index contributed by atoms with van der Waals surface area (Å²) in [4.78, 5) is 13.1. The number of amides is 1. The van der Waals surface area contributed by atoms with E-state index >= 15 is 0 Å². The average Bonchev–Trinajstić information content (AvgIpc) is 2.16. The van der Waals surface area contributed by atoms with Crippen molar-refractivity contribution >= 4 is 17.5 Å². The lowest BCUT2D eigenvalue weighted by Crippen LogP contribution is -2.34. The van der Waals surface area contributed by atoms with Crippen LogP contribution in [0.3, 0.4) is 0 Å². The van der Waals surface area contributed by atoms with Crippen molar-refractivity contribution in [1.82, 2.24) is 4.90 Å². The summed E-state index contributed by atoms with van der Waals surface area (Å²) in [6.07, 6.45) is 0.0978. The topological polar surface area (TPSA) is 29.5 Å². The lowest BCUT2D eigenvalue weighted by atomic mass is 10.2. The third kappa shape index (κ3) is 5.19. The Balaban J connectivity index is 4.60. The number of rotatable bonds is 5.